The first-order valence-electron chi connectivity index (χ1n) is 11.4. The highest BCUT2D eigenvalue weighted by atomic mass is 16.4. The maximum absolute atomic E-state index is 13.0. The molecule has 3 amide bonds. The molecule has 9 nitrogen and oxygen atoms in total. The number of carboxylic acid groups (broad SMARTS) is 1. The summed E-state index contributed by atoms with van der Waals surface area (Å²) < 4.78 is 0. The van der Waals surface area contributed by atoms with Crippen molar-refractivity contribution in [2.24, 2.45) is 17.6 Å². The van der Waals surface area contributed by atoms with Gasteiger partial charge in [0.15, 0.2) is 0 Å². The van der Waals surface area contributed by atoms with Crippen LogP contribution < -0.4 is 21.7 Å². The molecular weight excluding hydrogens is 424 g/mol. The first-order valence-corrected chi connectivity index (χ1v) is 11.4. The van der Waals surface area contributed by atoms with Gasteiger partial charge in [-0.3, -0.25) is 14.4 Å². The Balaban J connectivity index is 2.84. The van der Waals surface area contributed by atoms with Crippen LogP contribution in [0.4, 0.5) is 0 Å². The molecule has 6 N–H and O–H groups in total. The first kappa shape index (κ1) is 28.1. The highest BCUT2D eigenvalue weighted by molar-refractivity contribution is 5.94. The third-order valence-electron chi connectivity index (χ3n) is 5.50. The van der Waals surface area contributed by atoms with Gasteiger partial charge in [-0.1, -0.05) is 64.4 Å². The molecular formula is C24H38N4O5. The van der Waals surface area contributed by atoms with Gasteiger partial charge in [-0.2, -0.15) is 0 Å². The number of rotatable bonds is 13. The van der Waals surface area contributed by atoms with E-state index in [4.69, 9.17) is 5.73 Å². The number of carboxylic acids is 1. The molecule has 0 aliphatic heterocycles. The molecule has 5 unspecified atom stereocenters. The van der Waals surface area contributed by atoms with Crippen LogP contribution in [0.2, 0.25) is 0 Å². The van der Waals surface area contributed by atoms with Crippen LogP contribution in [0, 0.1) is 11.8 Å². The van der Waals surface area contributed by atoms with E-state index in [1.807, 2.05) is 26.8 Å². The van der Waals surface area contributed by atoms with E-state index in [0.717, 1.165) is 5.56 Å². The van der Waals surface area contributed by atoms with E-state index in [9.17, 15) is 24.3 Å². The van der Waals surface area contributed by atoms with Crippen LogP contribution in [-0.4, -0.2) is 53.0 Å². The number of hydrogen-bond donors (Lipinski definition) is 5. The molecule has 0 radical (unpaired) electrons. The summed E-state index contributed by atoms with van der Waals surface area (Å²) in [5, 5.41) is 17.4. The standard InChI is InChI=1S/C24H38N4O5/c1-6-15(4)20(28-21(29)16(5)26-22(30)18(25)12-14(2)3)23(31)27-19(24(32)33)13-17-10-8-7-9-11-17/h7-11,14-16,18-20H,6,12-13,25H2,1-5H3,(H,26,30)(H,27,31)(H,28,29)(H,32,33). The average molecular weight is 463 g/mol. The molecule has 0 heterocycles. The van der Waals surface area contributed by atoms with Gasteiger partial charge in [0.25, 0.3) is 0 Å². The van der Waals surface area contributed by atoms with Gasteiger partial charge in [0.05, 0.1) is 6.04 Å². The number of hydrogen-bond acceptors (Lipinski definition) is 5. The fourth-order valence-corrected chi connectivity index (χ4v) is 3.29. The van der Waals surface area contributed by atoms with Gasteiger partial charge >= 0.3 is 5.97 Å². The van der Waals surface area contributed by atoms with Crippen molar-refractivity contribution in [2.75, 3.05) is 0 Å². The lowest BCUT2D eigenvalue weighted by atomic mass is 9.97. The normalized spacial score (nSPS) is 15.6. The summed E-state index contributed by atoms with van der Waals surface area (Å²) in [4.78, 5) is 49.6. The second-order valence-electron chi connectivity index (χ2n) is 8.93. The Hall–Kier alpha value is -2.94. The van der Waals surface area contributed by atoms with Crippen LogP contribution in [0.3, 0.4) is 0 Å². The number of nitrogens with two attached hydrogens (primary N) is 1. The van der Waals surface area contributed by atoms with Crippen LogP contribution in [0.15, 0.2) is 30.3 Å². The topological polar surface area (TPSA) is 151 Å². The second-order valence-corrected chi connectivity index (χ2v) is 8.93. The number of amides is 3. The maximum Gasteiger partial charge on any atom is 0.326 e. The Labute approximate surface area is 195 Å². The number of carbonyl (C=O) groups is 4. The predicted molar refractivity (Wildman–Crippen MR) is 126 cm³/mol. The van der Waals surface area contributed by atoms with E-state index in [1.54, 1.807) is 31.2 Å². The van der Waals surface area contributed by atoms with E-state index in [2.05, 4.69) is 16.0 Å². The van der Waals surface area contributed by atoms with Gasteiger partial charge in [0.2, 0.25) is 17.7 Å². The van der Waals surface area contributed by atoms with Crippen molar-refractivity contribution in [1.29, 1.82) is 0 Å². The molecule has 1 rings (SSSR count). The summed E-state index contributed by atoms with van der Waals surface area (Å²) in [5.74, 6) is -2.77. The lowest BCUT2D eigenvalue weighted by molar-refractivity contribution is -0.142. The summed E-state index contributed by atoms with van der Waals surface area (Å²) in [7, 11) is 0. The minimum Gasteiger partial charge on any atom is -0.480 e. The fourth-order valence-electron chi connectivity index (χ4n) is 3.29. The Morgan fingerprint density at radius 3 is 2.03 bits per heavy atom. The zero-order valence-electron chi connectivity index (χ0n) is 20.1. The molecule has 1 aromatic rings. The van der Waals surface area contributed by atoms with Gasteiger partial charge in [-0.15, -0.1) is 0 Å². The molecule has 5 atom stereocenters. The van der Waals surface area contributed by atoms with Crippen molar-refractivity contribution in [3.8, 4) is 0 Å². The molecule has 0 saturated heterocycles. The quantitative estimate of drug-likeness (QED) is 0.297. The van der Waals surface area contributed by atoms with Crippen molar-refractivity contribution in [2.45, 2.75) is 78.0 Å². The van der Waals surface area contributed by atoms with Gasteiger partial charge in [-0.25, -0.2) is 4.79 Å². The van der Waals surface area contributed by atoms with E-state index < -0.39 is 47.9 Å². The van der Waals surface area contributed by atoms with Crippen LogP contribution >= 0.6 is 0 Å². The van der Waals surface area contributed by atoms with Crippen LogP contribution in [0.5, 0.6) is 0 Å². The Bertz CT molecular complexity index is 799. The molecule has 184 valence electrons. The Morgan fingerprint density at radius 2 is 1.52 bits per heavy atom. The zero-order valence-corrected chi connectivity index (χ0v) is 20.1. The molecule has 33 heavy (non-hydrogen) atoms. The first-order chi connectivity index (χ1) is 15.5. The molecule has 0 saturated carbocycles. The van der Waals surface area contributed by atoms with Crippen LogP contribution in [-0.2, 0) is 25.6 Å². The summed E-state index contributed by atoms with van der Waals surface area (Å²) in [5.41, 5.74) is 6.64. The smallest absolute Gasteiger partial charge is 0.326 e. The lowest BCUT2D eigenvalue weighted by Crippen LogP contribution is -2.58. The molecule has 0 spiro atoms. The highest BCUT2D eigenvalue weighted by Crippen LogP contribution is 2.11. The van der Waals surface area contributed by atoms with Gasteiger partial charge < -0.3 is 26.8 Å². The minimum absolute atomic E-state index is 0.114. The van der Waals surface area contributed by atoms with Crippen LogP contribution in [0.25, 0.3) is 0 Å². The lowest BCUT2D eigenvalue weighted by Gasteiger charge is -2.27. The largest absolute Gasteiger partial charge is 0.480 e. The van der Waals surface area contributed by atoms with Crippen molar-refractivity contribution >= 4 is 23.7 Å². The molecule has 0 aliphatic carbocycles. The number of carbonyl (C=O) groups excluding carboxylic acids is 3. The Kier molecular flexibility index (Phi) is 11.6. The molecule has 0 aliphatic rings. The van der Waals surface area contributed by atoms with Crippen molar-refractivity contribution < 1.29 is 24.3 Å². The number of benzene rings is 1. The average Bonchev–Trinajstić information content (AvgIpc) is 2.76. The van der Waals surface area contributed by atoms with Gasteiger partial charge in [0, 0.05) is 6.42 Å². The van der Waals surface area contributed by atoms with Gasteiger partial charge in [0.1, 0.15) is 18.1 Å². The third-order valence-corrected chi connectivity index (χ3v) is 5.50. The SMILES string of the molecule is CCC(C)C(NC(=O)C(C)NC(=O)C(N)CC(C)C)C(=O)NC(Cc1ccccc1)C(=O)O. The summed E-state index contributed by atoms with van der Waals surface area (Å²) >= 11 is 0. The highest BCUT2D eigenvalue weighted by Gasteiger charge is 2.31. The fraction of sp³-hybridized carbons (Fsp3) is 0.583. The Morgan fingerprint density at radius 1 is 0.909 bits per heavy atom. The molecule has 0 fully saturated rings. The molecule has 9 heteroatoms. The monoisotopic (exact) mass is 462 g/mol. The third kappa shape index (κ3) is 9.61. The van der Waals surface area contributed by atoms with Crippen LogP contribution in [0.1, 0.15) is 53.0 Å². The van der Waals surface area contributed by atoms with E-state index >= 15 is 0 Å². The summed E-state index contributed by atoms with van der Waals surface area (Å²) in [6.45, 7) is 9.06. The maximum atomic E-state index is 13.0. The number of nitrogens with one attached hydrogen (secondary N) is 3. The molecule has 0 aromatic heterocycles. The predicted octanol–water partition coefficient (Wildman–Crippen LogP) is 1.21. The zero-order chi connectivity index (χ0) is 25.1. The second kappa shape index (κ2) is 13.6. The van der Waals surface area contributed by atoms with Crippen molar-refractivity contribution in [3.63, 3.8) is 0 Å². The van der Waals surface area contributed by atoms with E-state index in [0.29, 0.717) is 12.8 Å². The van der Waals surface area contributed by atoms with E-state index in [1.165, 1.54) is 6.92 Å². The van der Waals surface area contributed by atoms with Gasteiger partial charge in [-0.05, 0) is 30.7 Å². The minimum atomic E-state index is -1.17. The van der Waals surface area contributed by atoms with Crippen molar-refractivity contribution in [1.82, 2.24) is 16.0 Å². The molecule has 1 aromatic carbocycles. The summed E-state index contributed by atoms with van der Waals surface area (Å²) in [6, 6.07) is 5.23. The molecule has 0 bridgehead atoms. The van der Waals surface area contributed by atoms with E-state index in [-0.39, 0.29) is 18.3 Å². The summed E-state index contributed by atoms with van der Waals surface area (Å²) in [6.07, 6.45) is 1.17. The number of aliphatic carboxylic acids is 1. The van der Waals surface area contributed by atoms with Crippen molar-refractivity contribution in [3.05, 3.63) is 35.9 Å².